The Bertz CT molecular complexity index is 467. The van der Waals surface area contributed by atoms with Gasteiger partial charge in [-0.1, -0.05) is 25.4 Å². The average molecular weight is 280 g/mol. The van der Waals surface area contributed by atoms with Gasteiger partial charge >= 0.3 is 0 Å². The number of nitrogens with zero attached hydrogens (tertiary/aromatic N) is 5. The highest BCUT2D eigenvalue weighted by atomic mass is 16.4. The molecule has 0 fully saturated rings. The van der Waals surface area contributed by atoms with Gasteiger partial charge in [-0.05, 0) is 19.4 Å². The molecule has 1 aliphatic rings. The first-order chi connectivity index (χ1) is 9.53. The van der Waals surface area contributed by atoms with Crippen molar-refractivity contribution in [1.82, 2.24) is 19.7 Å². The fraction of sp³-hybridized carbons (Fsp3) is 0.769. The lowest BCUT2D eigenvalue weighted by molar-refractivity contribution is 0.210. The Labute approximate surface area is 119 Å². The third kappa shape index (κ3) is 3.47. The van der Waals surface area contributed by atoms with Gasteiger partial charge in [0.25, 0.3) is 0 Å². The van der Waals surface area contributed by atoms with Gasteiger partial charge in [0.15, 0.2) is 0 Å². The summed E-state index contributed by atoms with van der Waals surface area (Å²) >= 11 is 0. The maximum atomic E-state index is 8.74. The Kier molecular flexibility index (Phi) is 4.59. The monoisotopic (exact) mass is 280 g/mol. The standard InChI is InChI=1S/C13H24N6O/c1-13(2,12(14)17-20)5-3-4-6-18-7-8-19-10-15-16-11(19)9-18/h10,20H,3-9H2,1-2H3,(H2,14,17). The number of hydrogen-bond donors (Lipinski definition) is 2. The molecule has 2 rings (SSSR count). The van der Waals surface area contributed by atoms with Crippen molar-refractivity contribution in [3.63, 3.8) is 0 Å². The Hall–Kier alpha value is -1.63. The molecular weight excluding hydrogens is 256 g/mol. The third-order valence-corrected chi connectivity index (χ3v) is 4.05. The molecule has 7 heteroatoms. The van der Waals surface area contributed by atoms with E-state index in [1.165, 1.54) is 0 Å². The average Bonchev–Trinajstić information content (AvgIpc) is 2.90. The summed E-state index contributed by atoms with van der Waals surface area (Å²) in [7, 11) is 0. The summed E-state index contributed by atoms with van der Waals surface area (Å²) in [6.07, 6.45) is 4.89. The minimum absolute atomic E-state index is 0.239. The summed E-state index contributed by atoms with van der Waals surface area (Å²) in [4.78, 5) is 2.40. The van der Waals surface area contributed by atoms with Gasteiger partial charge in [-0.25, -0.2) is 0 Å². The van der Waals surface area contributed by atoms with Crippen LogP contribution in [0.3, 0.4) is 0 Å². The van der Waals surface area contributed by atoms with E-state index in [-0.39, 0.29) is 5.41 Å². The number of amidine groups is 1. The van der Waals surface area contributed by atoms with Crippen molar-refractivity contribution in [3.05, 3.63) is 12.2 Å². The first-order valence-corrected chi connectivity index (χ1v) is 7.10. The van der Waals surface area contributed by atoms with Crippen LogP contribution in [0.5, 0.6) is 0 Å². The van der Waals surface area contributed by atoms with Crippen molar-refractivity contribution >= 4 is 5.84 Å². The quantitative estimate of drug-likeness (QED) is 0.267. The molecule has 0 radical (unpaired) electrons. The highest BCUT2D eigenvalue weighted by molar-refractivity contribution is 5.85. The van der Waals surface area contributed by atoms with Crippen LogP contribution in [0.2, 0.25) is 0 Å². The molecule has 0 saturated heterocycles. The number of aromatic nitrogens is 3. The zero-order chi connectivity index (χ0) is 14.6. The highest BCUT2D eigenvalue weighted by Crippen LogP contribution is 2.23. The minimum atomic E-state index is -0.239. The Morgan fingerprint density at radius 1 is 1.45 bits per heavy atom. The van der Waals surface area contributed by atoms with Crippen molar-refractivity contribution < 1.29 is 5.21 Å². The fourth-order valence-electron chi connectivity index (χ4n) is 2.47. The normalized spacial score (nSPS) is 17.2. The summed E-state index contributed by atoms with van der Waals surface area (Å²) in [5, 5.41) is 19.9. The SMILES string of the molecule is CC(C)(CCCCN1CCn2cnnc2C1)C(N)=NO. The molecule has 0 spiro atoms. The second-order valence-corrected chi connectivity index (χ2v) is 6.04. The van der Waals surface area contributed by atoms with Gasteiger partial charge in [0.05, 0.1) is 6.54 Å². The topological polar surface area (TPSA) is 92.6 Å². The van der Waals surface area contributed by atoms with Crippen LogP contribution in [0, 0.1) is 5.41 Å². The van der Waals surface area contributed by atoms with Gasteiger partial charge < -0.3 is 15.5 Å². The van der Waals surface area contributed by atoms with Crippen molar-refractivity contribution in [2.24, 2.45) is 16.3 Å². The van der Waals surface area contributed by atoms with Crippen molar-refractivity contribution in [2.75, 3.05) is 13.1 Å². The van der Waals surface area contributed by atoms with E-state index in [2.05, 4.69) is 24.8 Å². The van der Waals surface area contributed by atoms with E-state index >= 15 is 0 Å². The number of rotatable bonds is 6. The molecule has 2 heterocycles. The second kappa shape index (κ2) is 6.21. The molecular formula is C13H24N6O. The molecule has 1 aromatic rings. The number of unbranched alkanes of at least 4 members (excludes halogenated alkanes) is 1. The number of oxime groups is 1. The van der Waals surface area contributed by atoms with E-state index < -0.39 is 0 Å². The molecule has 0 amide bonds. The van der Waals surface area contributed by atoms with Crippen molar-refractivity contribution in [2.45, 2.75) is 46.2 Å². The Balaban J connectivity index is 1.70. The van der Waals surface area contributed by atoms with Crippen molar-refractivity contribution in [1.29, 1.82) is 0 Å². The zero-order valence-electron chi connectivity index (χ0n) is 12.3. The summed E-state index contributed by atoms with van der Waals surface area (Å²) in [6.45, 7) is 7.96. The van der Waals surface area contributed by atoms with Gasteiger partial charge in [-0.15, -0.1) is 10.2 Å². The Morgan fingerprint density at radius 3 is 3.00 bits per heavy atom. The molecule has 0 atom stereocenters. The van der Waals surface area contributed by atoms with Crippen LogP contribution in [0.15, 0.2) is 11.5 Å². The predicted molar refractivity (Wildman–Crippen MR) is 76.3 cm³/mol. The second-order valence-electron chi connectivity index (χ2n) is 6.04. The largest absolute Gasteiger partial charge is 0.409 e. The summed E-state index contributed by atoms with van der Waals surface area (Å²) < 4.78 is 2.11. The van der Waals surface area contributed by atoms with Crippen LogP contribution < -0.4 is 5.73 Å². The Morgan fingerprint density at radius 2 is 2.25 bits per heavy atom. The lowest BCUT2D eigenvalue weighted by Gasteiger charge is -2.27. The first kappa shape index (κ1) is 14.8. The van der Waals surface area contributed by atoms with Gasteiger partial charge in [0.2, 0.25) is 0 Å². The number of hydrogen-bond acceptors (Lipinski definition) is 5. The van der Waals surface area contributed by atoms with E-state index in [0.717, 1.165) is 51.3 Å². The van der Waals surface area contributed by atoms with Crippen LogP contribution in [0.25, 0.3) is 0 Å². The third-order valence-electron chi connectivity index (χ3n) is 4.05. The first-order valence-electron chi connectivity index (χ1n) is 7.10. The molecule has 20 heavy (non-hydrogen) atoms. The van der Waals surface area contributed by atoms with Crippen LogP contribution in [-0.4, -0.2) is 43.8 Å². The van der Waals surface area contributed by atoms with E-state index in [4.69, 9.17) is 10.9 Å². The molecule has 112 valence electrons. The summed E-state index contributed by atoms with van der Waals surface area (Å²) in [5.41, 5.74) is 5.45. The van der Waals surface area contributed by atoms with E-state index in [1.807, 2.05) is 13.8 Å². The smallest absolute Gasteiger partial charge is 0.147 e. The van der Waals surface area contributed by atoms with Gasteiger partial charge in [0, 0.05) is 18.5 Å². The molecule has 0 aliphatic carbocycles. The predicted octanol–water partition coefficient (Wildman–Crippen LogP) is 1.04. The molecule has 0 aromatic carbocycles. The van der Waals surface area contributed by atoms with E-state index in [9.17, 15) is 0 Å². The van der Waals surface area contributed by atoms with Crippen molar-refractivity contribution in [3.8, 4) is 0 Å². The maximum absolute atomic E-state index is 8.74. The lowest BCUT2D eigenvalue weighted by atomic mass is 9.86. The highest BCUT2D eigenvalue weighted by Gasteiger charge is 2.23. The molecule has 0 saturated carbocycles. The summed E-state index contributed by atoms with van der Waals surface area (Å²) in [6, 6.07) is 0. The fourth-order valence-corrected chi connectivity index (χ4v) is 2.47. The number of fused-ring (bicyclic) bond motifs is 1. The van der Waals surface area contributed by atoms with Crippen LogP contribution in [0.4, 0.5) is 0 Å². The van der Waals surface area contributed by atoms with E-state index in [1.54, 1.807) is 6.33 Å². The van der Waals surface area contributed by atoms with Crippen LogP contribution in [0.1, 0.15) is 38.9 Å². The van der Waals surface area contributed by atoms with Crippen LogP contribution >= 0.6 is 0 Å². The molecule has 7 nitrogen and oxygen atoms in total. The number of nitrogens with two attached hydrogens (primary N) is 1. The maximum Gasteiger partial charge on any atom is 0.147 e. The molecule has 0 bridgehead atoms. The molecule has 1 aromatic heterocycles. The van der Waals surface area contributed by atoms with Gasteiger partial charge in [-0.2, -0.15) is 0 Å². The van der Waals surface area contributed by atoms with Gasteiger partial charge in [-0.3, -0.25) is 4.90 Å². The lowest BCUT2D eigenvalue weighted by Crippen LogP contribution is -2.35. The molecule has 1 aliphatic heterocycles. The van der Waals surface area contributed by atoms with Crippen LogP contribution in [-0.2, 0) is 13.1 Å². The molecule has 0 unspecified atom stereocenters. The van der Waals surface area contributed by atoms with Gasteiger partial charge in [0.1, 0.15) is 18.0 Å². The zero-order valence-corrected chi connectivity index (χ0v) is 12.3. The summed E-state index contributed by atoms with van der Waals surface area (Å²) in [5.74, 6) is 1.36. The van der Waals surface area contributed by atoms with E-state index in [0.29, 0.717) is 5.84 Å². The molecule has 3 N–H and O–H groups in total. The minimum Gasteiger partial charge on any atom is -0.409 e.